The second-order valence-electron chi connectivity index (χ2n) is 8.09. The Balaban J connectivity index is 0.00000456. The Morgan fingerprint density at radius 1 is 1.17 bits per heavy atom. The van der Waals surface area contributed by atoms with E-state index in [-0.39, 0.29) is 35.6 Å². The molecule has 2 atom stereocenters. The number of non-ortho nitro benzene ring substituents is 1. The third-order valence-corrected chi connectivity index (χ3v) is 5.61. The number of rotatable bonds is 11. The molecule has 1 saturated heterocycles. The maximum absolute atomic E-state index is 13.4. The largest absolute Gasteiger partial charge is 0.484 e. The number of benzene rings is 2. The summed E-state index contributed by atoms with van der Waals surface area (Å²) < 4.78 is 5.57. The van der Waals surface area contributed by atoms with Crippen molar-refractivity contribution in [3.63, 3.8) is 0 Å². The summed E-state index contributed by atoms with van der Waals surface area (Å²) in [7, 11) is 0. The van der Waals surface area contributed by atoms with Crippen LogP contribution in [0.15, 0.2) is 54.6 Å². The standard InChI is InChI=1S/C24H29N5O6.BrH/c25-14-4-9-21(23(31)27-17-10-12-18(13-11-17)29(33)34)28(24(32)20-8-5-15-26-20)22(30)16-35-19-6-2-1-3-7-19;/h1-3,6-7,10-13,20-21,26H,4-5,8-9,14-16,25H2,(H,27,31);1H/t20-,21-;/m0./s1. The zero-order valence-electron chi connectivity index (χ0n) is 19.6. The summed E-state index contributed by atoms with van der Waals surface area (Å²) in [5.74, 6) is -1.27. The summed E-state index contributed by atoms with van der Waals surface area (Å²) in [5, 5.41) is 16.6. The molecule has 0 bridgehead atoms. The Morgan fingerprint density at radius 2 is 1.86 bits per heavy atom. The van der Waals surface area contributed by atoms with Crippen LogP contribution in [0.2, 0.25) is 0 Å². The van der Waals surface area contributed by atoms with E-state index in [0.717, 1.165) is 11.3 Å². The maximum atomic E-state index is 13.4. The van der Waals surface area contributed by atoms with Gasteiger partial charge in [-0.25, -0.2) is 0 Å². The number of hydrogen-bond acceptors (Lipinski definition) is 8. The Kier molecular flexibility index (Phi) is 11.4. The van der Waals surface area contributed by atoms with Crippen LogP contribution in [0.25, 0.3) is 0 Å². The lowest BCUT2D eigenvalue weighted by Gasteiger charge is -2.31. The predicted octanol–water partition coefficient (Wildman–Crippen LogP) is 2.40. The van der Waals surface area contributed by atoms with Crippen molar-refractivity contribution in [3.05, 3.63) is 64.7 Å². The van der Waals surface area contributed by atoms with E-state index < -0.39 is 41.3 Å². The molecule has 0 saturated carbocycles. The number of nitro benzene ring substituents is 1. The summed E-state index contributed by atoms with van der Waals surface area (Å²) in [5.41, 5.74) is 5.84. The molecule has 4 N–H and O–H groups in total. The van der Waals surface area contributed by atoms with E-state index in [4.69, 9.17) is 10.5 Å². The van der Waals surface area contributed by atoms with Gasteiger partial charge in [-0.1, -0.05) is 18.2 Å². The molecule has 1 fully saturated rings. The number of nitro groups is 1. The number of amides is 3. The summed E-state index contributed by atoms with van der Waals surface area (Å²) >= 11 is 0. The van der Waals surface area contributed by atoms with Gasteiger partial charge >= 0.3 is 0 Å². The number of carbonyl (C=O) groups excluding carboxylic acids is 3. The monoisotopic (exact) mass is 563 g/mol. The highest BCUT2D eigenvalue weighted by atomic mass is 79.9. The third-order valence-electron chi connectivity index (χ3n) is 5.61. The zero-order chi connectivity index (χ0) is 25.2. The van der Waals surface area contributed by atoms with Crippen LogP contribution in [0.5, 0.6) is 5.75 Å². The number of carbonyl (C=O) groups is 3. The first-order chi connectivity index (χ1) is 16.9. The van der Waals surface area contributed by atoms with Crippen molar-refractivity contribution >= 4 is 46.1 Å². The van der Waals surface area contributed by atoms with Crippen molar-refractivity contribution < 1.29 is 24.0 Å². The van der Waals surface area contributed by atoms with Crippen molar-refractivity contribution in [2.45, 2.75) is 37.8 Å². The van der Waals surface area contributed by atoms with E-state index in [1.54, 1.807) is 24.3 Å². The van der Waals surface area contributed by atoms with Crippen LogP contribution in [0.3, 0.4) is 0 Å². The average molecular weight is 564 g/mol. The number of halogens is 1. The Morgan fingerprint density at radius 3 is 2.44 bits per heavy atom. The van der Waals surface area contributed by atoms with Gasteiger partial charge in [0.2, 0.25) is 11.8 Å². The minimum absolute atomic E-state index is 0. The van der Waals surface area contributed by atoms with Gasteiger partial charge in [-0.2, -0.15) is 0 Å². The van der Waals surface area contributed by atoms with Crippen LogP contribution < -0.4 is 21.1 Å². The fourth-order valence-corrected chi connectivity index (χ4v) is 3.83. The van der Waals surface area contributed by atoms with Crippen molar-refractivity contribution in [3.8, 4) is 5.75 Å². The highest BCUT2D eigenvalue weighted by molar-refractivity contribution is 8.93. The van der Waals surface area contributed by atoms with E-state index in [0.29, 0.717) is 30.8 Å². The van der Waals surface area contributed by atoms with Crippen LogP contribution in [0.4, 0.5) is 11.4 Å². The van der Waals surface area contributed by atoms with Crippen molar-refractivity contribution in [1.82, 2.24) is 10.2 Å². The molecule has 1 aliphatic heterocycles. The SMILES string of the molecule is Br.NCCC[C@@H](C(=O)Nc1ccc([N+](=O)[O-])cc1)N(C(=O)COc1ccccc1)C(=O)[C@@H]1CCCN1. The number of nitrogens with one attached hydrogen (secondary N) is 2. The molecule has 2 aromatic carbocycles. The minimum atomic E-state index is -1.13. The highest BCUT2D eigenvalue weighted by Crippen LogP contribution is 2.20. The highest BCUT2D eigenvalue weighted by Gasteiger charge is 2.38. The molecular weight excluding hydrogens is 534 g/mol. The first-order valence-electron chi connectivity index (χ1n) is 11.4. The maximum Gasteiger partial charge on any atom is 0.269 e. The Hall–Kier alpha value is -3.35. The lowest BCUT2D eigenvalue weighted by atomic mass is 10.1. The van der Waals surface area contributed by atoms with E-state index in [9.17, 15) is 24.5 Å². The van der Waals surface area contributed by atoms with E-state index in [1.165, 1.54) is 24.3 Å². The number of ether oxygens (including phenoxy) is 1. The molecule has 1 heterocycles. The molecule has 3 amide bonds. The molecule has 0 unspecified atom stereocenters. The normalized spacial score (nSPS) is 15.3. The van der Waals surface area contributed by atoms with E-state index in [1.807, 2.05) is 6.07 Å². The topological polar surface area (TPSA) is 157 Å². The molecule has 2 aromatic rings. The molecule has 3 rings (SSSR count). The first-order valence-corrected chi connectivity index (χ1v) is 11.4. The smallest absolute Gasteiger partial charge is 0.269 e. The fourth-order valence-electron chi connectivity index (χ4n) is 3.83. The zero-order valence-corrected chi connectivity index (χ0v) is 21.3. The molecule has 1 aliphatic rings. The van der Waals surface area contributed by atoms with Crippen LogP contribution >= 0.6 is 17.0 Å². The summed E-state index contributed by atoms with van der Waals surface area (Å²) in [6.45, 7) is 0.480. The van der Waals surface area contributed by atoms with Crippen LogP contribution in [-0.4, -0.2) is 59.3 Å². The quantitative estimate of drug-likeness (QED) is 0.278. The Labute approximate surface area is 219 Å². The second kappa shape index (κ2) is 14.3. The molecule has 36 heavy (non-hydrogen) atoms. The molecule has 0 aliphatic carbocycles. The molecular formula is C24H30BrN5O6. The minimum Gasteiger partial charge on any atom is -0.484 e. The summed E-state index contributed by atoms with van der Waals surface area (Å²) in [6, 6.07) is 12.3. The van der Waals surface area contributed by atoms with E-state index in [2.05, 4.69) is 10.6 Å². The Bertz CT molecular complexity index is 1030. The lowest BCUT2D eigenvalue weighted by molar-refractivity contribution is -0.384. The van der Waals surface area contributed by atoms with Gasteiger partial charge in [-0.05, 0) is 63.0 Å². The number of anilines is 1. The molecule has 12 heteroatoms. The molecule has 194 valence electrons. The molecule has 0 radical (unpaired) electrons. The van der Waals surface area contributed by atoms with Gasteiger partial charge in [0.05, 0.1) is 11.0 Å². The van der Waals surface area contributed by atoms with Gasteiger partial charge < -0.3 is 21.1 Å². The number of hydrogen-bond donors (Lipinski definition) is 3. The van der Waals surface area contributed by atoms with Gasteiger partial charge in [0.15, 0.2) is 6.61 Å². The van der Waals surface area contributed by atoms with Gasteiger partial charge in [-0.15, -0.1) is 17.0 Å². The lowest BCUT2D eigenvalue weighted by Crippen LogP contribution is -2.56. The average Bonchev–Trinajstić information content (AvgIpc) is 3.41. The third kappa shape index (κ3) is 7.83. The van der Waals surface area contributed by atoms with Gasteiger partial charge in [0.25, 0.3) is 11.6 Å². The van der Waals surface area contributed by atoms with Gasteiger partial charge in [0, 0.05) is 17.8 Å². The van der Waals surface area contributed by atoms with Crippen LogP contribution in [0.1, 0.15) is 25.7 Å². The predicted molar refractivity (Wildman–Crippen MR) is 139 cm³/mol. The van der Waals surface area contributed by atoms with Crippen molar-refractivity contribution in [2.24, 2.45) is 5.73 Å². The van der Waals surface area contributed by atoms with Crippen molar-refractivity contribution in [1.29, 1.82) is 0 Å². The molecule has 0 spiro atoms. The number of para-hydroxylation sites is 1. The van der Waals surface area contributed by atoms with E-state index >= 15 is 0 Å². The number of nitrogens with two attached hydrogens (primary N) is 1. The first kappa shape index (κ1) is 28.9. The molecule has 0 aromatic heterocycles. The number of nitrogens with zero attached hydrogens (tertiary/aromatic N) is 2. The van der Waals surface area contributed by atoms with Crippen LogP contribution in [0, 0.1) is 10.1 Å². The van der Waals surface area contributed by atoms with Gasteiger partial charge in [0.1, 0.15) is 11.8 Å². The fraction of sp³-hybridized carbons (Fsp3) is 0.375. The van der Waals surface area contributed by atoms with Crippen LogP contribution in [-0.2, 0) is 14.4 Å². The molecule has 11 nitrogen and oxygen atoms in total. The summed E-state index contributed by atoms with van der Waals surface area (Å²) in [6.07, 6.45) is 1.88. The number of imide groups is 1. The second-order valence-corrected chi connectivity index (χ2v) is 8.09. The summed E-state index contributed by atoms with van der Waals surface area (Å²) in [4.78, 5) is 51.3. The van der Waals surface area contributed by atoms with Crippen molar-refractivity contribution in [2.75, 3.05) is 25.0 Å². The van der Waals surface area contributed by atoms with Gasteiger partial charge in [-0.3, -0.25) is 29.4 Å².